The lowest BCUT2D eigenvalue weighted by Crippen LogP contribution is -2.11. The Bertz CT molecular complexity index is 869. The maximum absolute atomic E-state index is 14.3. The molecule has 1 unspecified atom stereocenters. The Balaban J connectivity index is 2.05. The van der Waals surface area contributed by atoms with Gasteiger partial charge in [-0.3, -0.25) is 0 Å². The summed E-state index contributed by atoms with van der Waals surface area (Å²) >= 11 is 0. The van der Waals surface area contributed by atoms with Crippen LogP contribution in [0.3, 0.4) is 0 Å². The topological polar surface area (TPSA) is 34.1 Å². The molecule has 0 amide bonds. The second-order valence-electron chi connectivity index (χ2n) is 5.96. The van der Waals surface area contributed by atoms with Gasteiger partial charge in [0.05, 0.1) is 10.3 Å². The summed E-state index contributed by atoms with van der Waals surface area (Å²) in [6.45, 7) is 3.20. The summed E-state index contributed by atoms with van der Waals surface area (Å²) in [5.41, 5.74) is -0.610. The number of hydrogen-bond acceptors (Lipinski definition) is 2. The van der Waals surface area contributed by atoms with Crippen molar-refractivity contribution in [1.82, 2.24) is 0 Å². The molecule has 2 nitrogen and oxygen atoms in total. The maximum Gasteiger partial charge on any atom is 0.284 e. The Kier molecular flexibility index (Phi) is 3.45. The van der Waals surface area contributed by atoms with Gasteiger partial charge in [-0.25, -0.2) is 17.2 Å². The molecule has 23 heavy (non-hydrogen) atoms. The van der Waals surface area contributed by atoms with Gasteiger partial charge in [0.1, 0.15) is 0 Å². The average Bonchev–Trinajstić information content (AvgIpc) is 2.94. The third-order valence-electron chi connectivity index (χ3n) is 4.42. The van der Waals surface area contributed by atoms with Crippen LogP contribution in [0, 0.1) is 6.92 Å². The Morgan fingerprint density at radius 2 is 1.52 bits per heavy atom. The summed E-state index contributed by atoms with van der Waals surface area (Å²) in [4.78, 5) is 0.0220. The minimum atomic E-state index is -3.91. The van der Waals surface area contributed by atoms with Gasteiger partial charge in [-0.15, -0.1) is 0 Å². The average molecular weight is 334 g/mol. The zero-order valence-electron chi connectivity index (χ0n) is 12.8. The normalized spacial score (nSPS) is 24.6. The van der Waals surface area contributed by atoms with Crippen molar-refractivity contribution in [2.75, 3.05) is 0 Å². The van der Waals surface area contributed by atoms with Gasteiger partial charge in [0.15, 0.2) is 9.84 Å². The fourth-order valence-electron chi connectivity index (χ4n) is 2.73. The van der Waals surface area contributed by atoms with Crippen molar-refractivity contribution in [3.63, 3.8) is 0 Å². The molecule has 0 saturated heterocycles. The zero-order valence-corrected chi connectivity index (χ0v) is 13.6. The number of alkyl halides is 2. The Morgan fingerprint density at radius 3 is 2.09 bits per heavy atom. The van der Waals surface area contributed by atoms with Gasteiger partial charge in [0.25, 0.3) is 5.92 Å². The summed E-state index contributed by atoms with van der Waals surface area (Å²) in [6, 6.07) is 14.4. The van der Waals surface area contributed by atoms with Crippen LogP contribution in [0.1, 0.15) is 18.1 Å². The van der Waals surface area contributed by atoms with Crippen molar-refractivity contribution in [3.05, 3.63) is 76.7 Å². The number of halogens is 2. The molecule has 1 atom stereocenters. The molecule has 0 aliphatic heterocycles. The molecule has 1 aliphatic carbocycles. The van der Waals surface area contributed by atoms with E-state index in [0.29, 0.717) is 5.56 Å². The summed E-state index contributed by atoms with van der Waals surface area (Å²) in [5, 5.41) is 0.727. The summed E-state index contributed by atoms with van der Waals surface area (Å²) < 4.78 is 53.4. The molecule has 0 aromatic heterocycles. The van der Waals surface area contributed by atoms with Crippen molar-refractivity contribution in [2.45, 2.75) is 30.1 Å². The minimum Gasteiger partial charge on any atom is -0.219 e. The molecule has 5 heteroatoms. The van der Waals surface area contributed by atoms with E-state index in [2.05, 4.69) is 0 Å². The second-order valence-corrected chi connectivity index (χ2v) is 7.75. The highest BCUT2D eigenvalue weighted by Crippen LogP contribution is 2.66. The lowest BCUT2D eigenvalue weighted by molar-refractivity contribution is 0.101. The highest BCUT2D eigenvalue weighted by molar-refractivity contribution is 7.94. The SMILES string of the molecule is Cc1ccc(S(=O)(=O)/C=C2/C(F)(F)C2(C)c2ccccc2)cc1. The Labute approximate surface area is 134 Å². The van der Waals surface area contributed by atoms with Gasteiger partial charge >= 0.3 is 0 Å². The number of allylic oxidation sites excluding steroid dienone is 1. The number of hydrogen-bond donors (Lipinski definition) is 0. The molecule has 0 bridgehead atoms. The smallest absolute Gasteiger partial charge is 0.219 e. The number of aryl methyl sites for hydroxylation is 1. The third kappa shape index (κ3) is 2.39. The lowest BCUT2D eigenvalue weighted by Gasteiger charge is -2.08. The van der Waals surface area contributed by atoms with E-state index in [0.717, 1.165) is 11.0 Å². The van der Waals surface area contributed by atoms with Gasteiger partial charge in [-0.2, -0.15) is 0 Å². The number of benzene rings is 2. The molecular weight excluding hydrogens is 318 g/mol. The van der Waals surface area contributed by atoms with E-state index in [1.807, 2.05) is 6.92 Å². The van der Waals surface area contributed by atoms with Crippen LogP contribution < -0.4 is 0 Å². The Hall–Kier alpha value is -2.01. The van der Waals surface area contributed by atoms with Gasteiger partial charge in [-0.1, -0.05) is 48.0 Å². The van der Waals surface area contributed by atoms with Gasteiger partial charge in [0, 0.05) is 11.0 Å². The lowest BCUT2D eigenvalue weighted by atomic mass is 9.97. The first-order valence-electron chi connectivity index (χ1n) is 7.17. The van der Waals surface area contributed by atoms with Crippen molar-refractivity contribution in [1.29, 1.82) is 0 Å². The van der Waals surface area contributed by atoms with Crippen LogP contribution in [-0.4, -0.2) is 14.3 Å². The molecule has 0 heterocycles. The predicted octanol–water partition coefficient (Wildman–Crippen LogP) is 4.26. The summed E-state index contributed by atoms with van der Waals surface area (Å²) in [6.07, 6.45) is 0. The van der Waals surface area contributed by atoms with Crippen LogP contribution in [0.4, 0.5) is 8.78 Å². The standard InChI is InChI=1S/C18H16F2O2S/c1-13-8-10-15(11-9-13)23(21,22)12-16-17(2,18(16,19)20)14-6-4-3-5-7-14/h3-12H,1-2H3/b16-12+. The zero-order chi connectivity index (χ0) is 16.9. The maximum atomic E-state index is 14.3. The minimum absolute atomic E-state index is 0.0220. The predicted molar refractivity (Wildman–Crippen MR) is 85.2 cm³/mol. The Morgan fingerprint density at radius 1 is 0.957 bits per heavy atom. The molecule has 1 saturated carbocycles. The molecule has 120 valence electrons. The van der Waals surface area contributed by atoms with E-state index in [4.69, 9.17) is 0 Å². The van der Waals surface area contributed by atoms with Crippen LogP contribution in [0.5, 0.6) is 0 Å². The first kappa shape index (κ1) is 15.9. The van der Waals surface area contributed by atoms with E-state index in [1.165, 1.54) is 19.1 Å². The molecular formula is C18H16F2O2S. The van der Waals surface area contributed by atoms with E-state index >= 15 is 0 Å². The third-order valence-corrected chi connectivity index (χ3v) is 5.89. The highest BCUT2D eigenvalue weighted by Gasteiger charge is 2.74. The van der Waals surface area contributed by atoms with E-state index in [9.17, 15) is 17.2 Å². The van der Waals surface area contributed by atoms with Gasteiger partial charge in [0.2, 0.25) is 0 Å². The van der Waals surface area contributed by atoms with Crippen molar-refractivity contribution in [3.8, 4) is 0 Å². The van der Waals surface area contributed by atoms with Crippen molar-refractivity contribution in [2.24, 2.45) is 0 Å². The largest absolute Gasteiger partial charge is 0.284 e. The van der Waals surface area contributed by atoms with Crippen LogP contribution >= 0.6 is 0 Å². The monoisotopic (exact) mass is 334 g/mol. The van der Waals surface area contributed by atoms with Crippen LogP contribution in [-0.2, 0) is 15.3 Å². The van der Waals surface area contributed by atoms with Crippen LogP contribution in [0.25, 0.3) is 0 Å². The molecule has 2 aromatic carbocycles. The van der Waals surface area contributed by atoms with Crippen molar-refractivity contribution >= 4 is 9.84 Å². The quantitative estimate of drug-likeness (QED) is 0.840. The van der Waals surface area contributed by atoms with E-state index in [1.54, 1.807) is 42.5 Å². The van der Waals surface area contributed by atoms with Crippen molar-refractivity contribution < 1.29 is 17.2 Å². The summed E-state index contributed by atoms with van der Waals surface area (Å²) in [5.74, 6) is -3.16. The fourth-order valence-corrected chi connectivity index (χ4v) is 4.08. The molecule has 2 aromatic rings. The number of rotatable bonds is 3. The van der Waals surface area contributed by atoms with Gasteiger partial charge in [-0.05, 0) is 31.5 Å². The van der Waals surface area contributed by atoms with E-state index < -0.39 is 21.2 Å². The molecule has 0 radical (unpaired) electrons. The molecule has 1 aliphatic rings. The first-order chi connectivity index (χ1) is 10.7. The molecule has 0 N–H and O–H groups in total. The van der Waals surface area contributed by atoms with E-state index in [-0.39, 0.29) is 10.5 Å². The van der Waals surface area contributed by atoms with Crippen LogP contribution in [0.15, 0.2) is 70.5 Å². The highest BCUT2D eigenvalue weighted by atomic mass is 32.2. The van der Waals surface area contributed by atoms with Crippen LogP contribution in [0.2, 0.25) is 0 Å². The molecule has 1 fully saturated rings. The molecule has 0 spiro atoms. The molecule has 3 rings (SSSR count). The second kappa shape index (κ2) is 4.99. The number of sulfone groups is 1. The fraction of sp³-hybridized carbons (Fsp3) is 0.222. The summed E-state index contributed by atoms with van der Waals surface area (Å²) in [7, 11) is -3.91. The van der Waals surface area contributed by atoms with Gasteiger partial charge < -0.3 is 0 Å². The first-order valence-corrected chi connectivity index (χ1v) is 8.72.